The highest BCUT2D eigenvalue weighted by atomic mass is 16.3. The Morgan fingerprint density at radius 3 is 2.74 bits per heavy atom. The van der Waals surface area contributed by atoms with Gasteiger partial charge in [0.2, 0.25) is 0 Å². The summed E-state index contributed by atoms with van der Waals surface area (Å²) in [6.45, 7) is 1.95. The van der Waals surface area contributed by atoms with Crippen LogP contribution in [0.15, 0.2) is 36.4 Å². The van der Waals surface area contributed by atoms with Crippen LogP contribution in [0.5, 0.6) is 0 Å². The standard InChI is InChI=1S/C15H17N3O/c1-11-16-17-15(12-6-5-9-14(19)10-12)18(11)13-7-3-2-4-8-13/h2-4,7-8,10,14,19H,5-6,9H2,1H3. The molecule has 1 N–H and O–H groups in total. The van der Waals surface area contributed by atoms with Crippen LogP contribution in [0.3, 0.4) is 0 Å². The number of aliphatic hydroxyl groups is 1. The molecule has 0 radical (unpaired) electrons. The quantitative estimate of drug-likeness (QED) is 0.897. The van der Waals surface area contributed by atoms with E-state index in [4.69, 9.17) is 0 Å². The number of nitrogens with zero attached hydrogens (tertiary/aromatic N) is 3. The largest absolute Gasteiger partial charge is 0.389 e. The van der Waals surface area contributed by atoms with E-state index >= 15 is 0 Å². The van der Waals surface area contributed by atoms with Gasteiger partial charge in [-0.25, -0.2) is 0 Å². The van der Waals surface area contributed by atoms with Gasteiger partial charge in [-0.1, -0.05) is 18.2 Å². The van der Waals surface area contributed by atoms with Crippen LogP contribution in [0.4, 0.5) is 0 Å². The van der Waals surface area contributed by atoms with E-state index in [-0.39, 0.29) is 6.10 Å². The predicted octanol–water partition coefficient (Wildman–Crippen LogP) is 2.50. The van der Waals surface area contributed by atoms with E-state index < -0.39 is 0 Å². The number of hydrogen-bond donors (Lipinski definition) is 1. The summed E-state index contributed by atoms with van der Waals surface area (Å²) < 4.78 is 2.05. The first-order valence-corrected chi connectivity index (χ1v) is 6.62. The Bertz CT molecular complexity index is 601. The fraction of sp³-hybridized carbons (Fsp3) is 0.333. The SMILES string of the molecule is Cc1nnc(C2=CC(O)CCC2)n1-c1ccccc1. The number of rotatable bonds is 2. The summed E-state index contributed by atoms with van der Waals surface area (Å²) in [5.41, 5.74) is 2.14. The molecule has 3 rings (SSSR count). The molecule has 0 saturated carbocycles. The highest BCUT2D eigenvalue weighted by Gasteiger charge is 2.19. The molecular formula is C15H17N3O. The normalized spacial score (nSPS) is 19.3. The molecule has 1 aromatic carbocycles. The zero-order valence-corrected chi connectivity index (χ0v) is 11.0. The molecule has 0 saturated heterocycles. The van der Waals surface area contributed by atoms with Crippen molar-refractivity contribution in [3.05, 3.63) is 48.1 Å². The minimum absolute atomic E-state index is 0.357. The lowest BCUT2D eigenvalue weighted by Crippen LogP contribution is -2.11. The summed E-state index contributed by atoms with van der Waals surface area (Å²) in [6, 6.07) is 10.1. The summed E-state index contributed by atoms with van der Waals surface area (Å²) in [7, 11) is 0. The molecule has 98 valence electrons. The molecule has 4 nitrogen and oxygen atoms in total. The number of aryl methyl sites for hydroxylation is 1. The van der Waals surface area contributed by atoms with Gasteiger partial charge in [0.15, 0.2) is 5.82 Å². The molecule has 1 aromatic heterocycles. The number of para-hydroxylation sites is 1. The maximum atomic E-state index is 9.78. The number of allylic oxidation sites excluding steroid dienone is 1. The fourth-order valence-corrected chi connectivity index (χ4v) is 2.54. The van der Waals surface area contributed by atoms with E-state index in [1.165, 1.54) is 0 Å². The molecule has 0 spiro atoms. The molecule has 0 amide bonds. The molecule has 0 bridgehead atoms. The lowest BCUT2D eigenvalue weighted by Gasteiger charge is -2.17. The van der Waals surface area contributed by atoms with Crippen molar-refractivity contribution in [1.82, 2.24) is 14.8 Å². The van der Waals surface area contributed by atoms with E-state index in [1.807, 2.05) is 47.9 Å². The van der Waals surface area contributed by atoms with Gasteiger partial charge >= 0.3 is 0 Å². The Morgan fingerprint density at radius 2 is 2.00 bits per heavy atom. The minimum Gasteiger partial charge on any atom is -0.389 e. The van der Waals surface area contributed by atoms with Crippen LogP contribution in [0.1, 0.15) is 30.9 Å². The molecular weight excluding hydrogens is 238 g/mol. The molecule has 1 aliphatic carbocycles. The highest BCUT2D eigenvalue weighted by molar-refractivity contribution is 5.63. The van der Waals surface area contributed by atoms with Crippen molar-refractivity contribution in [3.63, 3.8) is 0 Å². The molecule has 1 unspecified atom stereocenters. The van der Waals surface area contributed by atoms with Crippen LogP contribution >= 0.6 is 0 Å². The average molecular weight is 255 g/mol. The van der Waals surface area contributed by atoms with Crippen LogP contribution in [0, 0.1) is 6.92 Å². The summed E-state index contributed by atoms with van der Waals surface area (Å²) in [4.78, 5) is 0. The van der Waals surface area contributed by atoms with Crippen LogP contribution in [-0.2, 0) is 0 Å². The van der Waals surface area contributed by atoms with E-state index in [0.717, 1.165) is 42.2 Å². The van der Waals surface area contributed by atoms with Gasteiger partial charge in [-0.3, -0.25) is 4.57 Å². The van der Waals surface area contributed by atoms with Crippen molar-refractivity contribution in [2.75, 3.05) is 0 Å². The van der Waals surface area contributed by atoms with Crippen molar-refractivity contribution in [2.24, 2.45) is 0 Å². The molecule has 2 aromatic rings. The van der Waals surface area contributed by atoms with Crippen LogP contribution in [0.2, 0.25) is 0 Å². The molecule has 0 fully saturated rings. The summed E-state index contributed by atoms with van der Waals surface area (Å²) >= 11 is 0. The maximum absolute atomic E-state index is 9.78. The predicted molar refractivity (Wildman–Crippen MR) is 73.9 cm³/mol. The average Bonchev–Trinajstić information content (AvgIpc) is 2.82. The Hall–Kier alpha value is -1.94. The molecule has 0 aliphatic heterocycles. The van der Waals surface area contributed by atoms with Gasteiger partial charge in [-0.05, 0) is 50.0 Å². The second kappa shape index (κ2) is 4.97. The van der Waals surface area contributed by atoms with Crippen molar-refractivity contribution in [1.29, 1.82) is 0 Å². The monoisotopic (exact) mass is 255 g/mol. The Morgan fingerprint density at radius 1 is 1.21 bits per heavy atom. The summed E-state index contributed by atoms with van der Waals surface area (Å²) in [6.07, 6.45) is 4.33. The Labute approximate surface area is 112 Å². The van der Waals surface area contributed by atoms with Gasteiger partial charge in [-0.2, -0.15) is 0 Å². The van der Waals surface area contributed by atoms with Gasteiger partial charge in [0.05, 0.1) is 6.10 Å². The fourth-order valence-electron chi connectivity index (χ4n) is 2.54. The van der Waals surface area contributed by atoms with Gasteiger partial charge in [0, 0.05) is 5.69 Å². The first-order chi connectivity index (χ1) is 9.25. The number of aromatic nitrogens is 3. The number of aliphatic hydroxyl groups excluding tert-OH is 1. The lowest BCUT2D eigenvalue weighted by molar-refractivity contribution is 0.206. The molecule has 19 heavy (non-hydrogen) atoms. The van der Waals surface area contributed by atoms with Crippen molar-refractivity contribution in [2.45, 2.75) is 32.3 Å². The highest BCUT2D eigenvalue weighted by Crippen LogP contribution is 2.27. The van der Waals surface area contributed by atoms with E-state index in [2.05, 4.69) is 10.2 Å². The maximum Gasteiger partial charge on any atom is 0.164 e. The summed E-state index contributed by atoms with van der Waals surface area (Å²) in [5, 5.41) is 18.2. The van der Waals surface area contributed by atoms with E-state index in [1.54, 1.807) is 0 Å². The molecule has 1 heterocycles. The van der Waals surface area contributed by atoms with Crippen LogP contribution in [-0.4, -0.2) is 26.0 Å². The van der Waals surface area contributed by atoms with Crippen molar-refractivity contribution >= 4 is 5.57 Å². The third-order valence-electron chi connectivity index (χ3n) is 3.47. The first-order valence-electron chi connectivity index (χ1n) is 6.62. The molecule has 1 aliphatic rings. The minimum atomic E-state index is -0.357. The third-order valence-corrected chi connectivity index (χ3v) is 3.47. The Balaban J connectivity index is 2.09. The second-order valence-corrected chi connectivity index (χ2v) is 4.89. The smallest absolute Gasteiger partial charge is 0.164 e. The zero-order chi connectivity index (χ0) is 13.2. The van der Waals surface area contributed by atoms with Gasteiger partial charge in [0.25, 0.3) is 0 Å². The van der Waals surface area contributed by atoms with Gasteiger partial charge in [-0.15, -0.1) is 10.2 Å². The second-order valence-electron chi connectivity index (χ2n) is 4.89. The van der Waals surface area contributed by atoms with Crippen LogP contribution in [0.25, 0.3) is 11.3 Å². The third kappa shape index (κ3) is 2.31. The lowest BCUT2D eigenvalue weighted by atomic mass is 9.97. The van der Waals surface area contributed by atoms with Crippen LogP contribution < -0.4 is 0 Å². The first kappa shape index (κ1) is 12.1. The van der Waals surface area contributed by atoms with E-state index in [9.17, 15) is 5.11 Å². The number of hydrogen-bond acceptors (Lipinski definition) is 3. The topological polar surface area (TPSA) is 50.9 Å². The number of benzene rings is 1. The molecule has 1 atom stereocenters. The molecule has 4 heteroatoms. The van der Waals surface area contributed by atoms with Crippen molar-refractivity contribution in [3.8, 4) is 5.69 Å². The van der Waals surface area contributed by atoms with E-state index in [0.29, 0.717) is 0 Å². The Kier molecular flexibility index (Phi) is 3.17. The zero-order valence-electron chi connectivity index (χ0n) is 11.0. The summed E-state index contributed by atoms with van der Waals surface area (Å²) in [5.74, 6) is 1.71. The van der Waals surface area contributed by atoms with Crippen molar-refractivity contribution < 1.29 is 5.11 Å². The van der Waals surface area contributed by atoms with Gasteiger partial charge in [0.1, 0.15) is 5.82 Å². The van der Waals surface area contributed by atoms with Gasteiger partial charge < -0.3 is 5.11 Å².